The van der Waals surface area contributed by atoms with Crippen molar-refractivity contribution >= 4 is 5.91 Å². The number of hydrogen-bond acceptors (Lipinski definition) is 4. The summed E-state index contributed by atoms with van der Waals surface area (Å²) >= 11 is 0. The van der Waals surface area contributed by atoms with Crippen LogP contribution in [0.15, 0.2) is 30.9 Å². The second kappa shape index (κ2) is 7.12. The molecule has 0 saturated heterocycles. The number of alkyl halides is 3. The van der Waals surface area contributed by atoms with Gasteiger partial charge in [0.1, 0.15) is 6.10 Å². The molecule has 6 nitrogen and oxygen atoms in total. The fraction of sp³-hybridized carbons (Fsp3) is 0.438. The van der Waals surface area contributed by atoms with Gasteiger partial charge < -0.3 is 10.1 Å². The van der Waals surface area contributed by atoms with Gasteiger partial charge >= 0.3 is 6.18 Å². The molecule has 0 radical (unpaired) electrons. The summed E-state index contributed by atoms with van der Waals surface area (Å²) in [5.74, 6) is 0.0870. The first-order valence-electron chi connectivity index (χ1n) is 7.88. The Kier molecular flexibility index (Phi) is 4.91. The van der Waals surface area contributed by atoms with Crippen molar-refractivity contribution < 1.29 is 22.7 Å². The Morgan fingerprint density at radius 1 is 1.36 bits per heavy atom. The van der Waals surface area contributed by atoms with Crippen LogP contribution in [0.4, 0.5) is 13.2 Å². The van der Waals surface area contributed by atoms with E-state index in [9.17, 15) is 18.0 Å². The fourth-order valence-electron chi connectivity index (χ4n) is 2.99. The lowest BCUT2D eigenvalue weighted by molar-refractivity contribution is -0.138. The third kappa shape index (κ3) is 4.28. The molecule has 0 unspecified atom stereocenters. The summed E-state index contributed by atoms with van der Waals surface area (Å²) in [4.78, 5) is 15.9. The van der Waals surface area contributed by atoms with E-state index < -0.39 is 17.6 Å². The van der Waals surface area contributed by atoms with Gasteiger partial charge in [-0.15, -0.1) is 0 Å². The maximum atomic E-state index is 13.0. The van der Waals surface area contributed by atoms with Crippen LogP contribution in [0.25, 0.3) is 0 Å². The number of amides is 1. The van der Waals surface area contributed by atoms with E-state index in [2.05, 4.69) is 20.5 Å². The molecule has 2 aromatic rings. The van der Waals surface area contributed by atoms with Gasteiger partial charge in [-0.25, -0.2) is 0 Å². The van der Waals surface area contributed by atoms with Crippen LogP contribution in [0.1, 0.15) is 30.4 Å². The first kappa shape index (κ1) is 17.2. The van der Waals surface area contributed by atoms with Crippen molar-refractivity contribution in [3.05, 3.63) is 42.0 Å². The number of nitrogens with zero attached hydrogens (tertiary/aromatic N) is 2. The van der Waals surface area contributed by atoms with Gasteiger partial charge in [-0.2, -0.15) is 18.3 Å². The van der Waals surface area contributed by atoms with E-state index in [1.807, 2.05) is 0 Å². The highest BCUT2D eigenvalue weighted by Crippen LogP contribution is 2.31. The van der Waals surface area contributed by atoms with Gasteiger partial charge in [-0.3, -0.25) is 14.9 Å². The van der Waals surface area contributed by atoms with E-state index in [0.717, 1.165) is 31.3 Å². The average Bonchev–Trinajstić information content (AvgIpc) is 3.20. The lowest BCUT2D eigenvalue weighted by Crippen LogP contribution is -2.43. The number of H-pyrrole nitrogens is 1. The van der Waals surface area contributed by atoms with Crippen molar-refractivity contribution in [1.29, 1.82) is 0 Å². The maximum absolute atomic E-state index is 13.0. The molecule has 134 valence electrons. The number of hydrogen-bond donors (Lipinski definition) is 2. The van der Waals surface area contributed by atoms with Crippen LogP contribution in [0.3, 0.4) is 0 Å². The largest absolute Gasteiger partial charge is 0.485 e. The van der Waals surface area contributed by atoms with Crippen LogP contribution in [0.5, 0.6) is 5.75 Å². The van der Waals surface area contributed by atoms with E-state index in [1.54, 1.807) is 6.20 Å². The number of pyridine rings is 1. The summed E-state index contributed by atoms with van der Waals surface area (Å²) in [6.45, 7) is 0. The number of nitrogens with one attached hydrogen (secondary N) is 2. The standard InChI is InChI=1S/C16H17F3N4O2/c17-16(18,19)12-4-5-20-7-10(12)6-15(24)23-13-2-1-3-14(13)25-11-8-21-22-9-11/h4-5,7-9,13-14H,1-3,6H2,(H,21,22)(H,23,24)/t13-,14+/m0/s1. The molecule has 25 heavy (non-hydrogen) atoms. The van der Waals surface area contributed by atoms with E-state index in [4.69, 9.17) is 4.74 Å². The van der Waals surface area contributed by atoms with Gasteiger partial charge in [0.15, 0.2) is 5.75 Å². The molecule has 0 spiro atoms. The minimum Gasteiger partial charge on any atom is -0.485 e. The molecule has 1 saturated carbocycles. The molecule has 0 aromatic carbocycles. The molecule has 1 amide bonds. The first-order chi connectivity index (χ1) is 11.9. The monoisotopic (exact) mass is 354 g/mol. The molecule has 2 N–H and O–H groups in total. The molecule has 2 heterocycles. The van der Waals surface area contributed by atoms with Crippen LogP contribution in [-0.2, 0) is 17.4 Å². The zero-order chi connectivity index (χ0) is 17.9. The zero-order valence-electron chi connectivity index (χ0n) is 13.2. The Morgan fingerprint density at radius 2 is 2.20 bits per heavy atom. The second-order valence-electron chi connectivity index (χ2n) is 5.90. The summed E-state index contributed by atoms with van der Waals surface area (Å²) in [7, 11) is 0. The Balaban J connectivity index is 1.63. The zero-order valence-corrected chi connectivity index (χ0v) is 13.2. The number of rotatable bonds is 5. The minimum atomic E-state index is -4.52. The summed E-state index contributed by atoms with van der Waals surface area (Å²) in [5.41, 5.74) is -0.979. The highest BCUT2D eigenvalue weighted by Gasteiger charge is 2.35. The number of aromatic amines is 1. The van der Waals surface area contributed by atoms with Crippen LogP contribution in [0, 0.1) is 0 Å². The molecule has 0 bridgehead atoms. The Labute approximate surface area is 141 Å². The van der Waals surface area contributed by atoms with Crippen LogP contribution >= 0.6 is 0 Å². The topological polar surface area (TPSA) is 79.9 Å². The van der Waals surface area contributed by atoms with Crippen LogP contribution < -0.4 is 10.1 Å². The van der Waals surface area contributed by atoms with E-state index >= 15 is 0 Å². The average molecular weight is 354 g/mol. The molecule has 0 aliphatic heterocycles. The quantitative estimate of drug-likeness (QED) is 0.865. The van der Waals surface area contributed by atoms with Crippen LogP contribution in [-0.4, -0.2) is 33.2 Å². The fourth-order valence-corrected chi connectivity index (χ4v) is 2.99. The molecular weight excluding hydrogens is 337 g/mol. The molecule has 2 atom stereocenters. The Hall–Kier alpha value is -2.58. The molecule has 2 aromatic heterocycles. The normalized spacial score (nSPS) is 20.4. The third-order valence-electron chi connectivity index (χ3n) is 4.12. The van der Waals surface area contributed by atoms with Crippen molar-refractivity contribution in [2.45, 2.75) is 44.0 Å². The highest BCUT2D eigenvalue weighted by atomic mass is 19.4. The Morgan fingerprint density at radius 3 is 2.92 bits per heavy atom. The van der Waals surface area contributed by atoms with Gasteiger partial charge in [0.2, 0.25) is 5.91 Å². The van der Waals surface area contributed by atoms with Crippen molar-refractivity contribution in [2.24, 2.45) is 0 Å². The van der Waals surface area contributed by atoms with Crippen molar-refractivity contribution in [3.63, 3.8) is 0 Å². The van der Waals surface area contributed by atoms with Gasteiger partial charge in [0.25, 0.3) is 0 Å². The van der Waals surface area contributed by atoms with Gasteiger partial charge in [0.05, 0.1) is 30.4 Å². The highest BCUT2D eigenvalue weighted by molar-refractivity contribution is 5.79. The molecule has 1 fully saturated rings. The smallest absolute Gasteiger partial charge is 0.416 e. The van der Waals surface area contributed by atoms with Gasteiger partial charge in [-0.05, 0) is 30.9 Å². The molecule has 1 aliphatic rings. The van der Waals surface area contributed by atoms with Gasteiger partial charge in [0, 0.05) is 12.4 Å². The predicted octanol–water partition coefficient (Wildman–Crippen LogP) is 2.48. The van der Waals surface area contributed by atoms with E-state index in [0.29, 0.717) is 12.2 Å². The summed E-state index contributed by atoms with van der Waals surface area (Å²) in [6, 6.07) is 0.636. The summed E-state index contributed by atoms with van der Waals surface area (Å²) in [5, 5.41) is 9.20. The summed E-state index contributed by atoms with van der Waals surface area (Å²) < 4.78 is 44.7. The number of halogens is 3. The minimum absolute atomic E-state index is 0.141. The number of carbonyl (C=O) groups excluding carboxylic acids is 1. The maximum Gasteiger partial charge on any atom is 0.416 e. The van der Waals surface area contributed by atoms with Gasteiger partial charge in [-0.1, -0.05) is 0 Å². The van der Waals surface area contributed by atoms with Crippen LogP contribution in [0.2, 0.25) is 0 Å². The summed E-state index contributed by atoms with van der Waals surface area (Å²) in [6.07, 6.45) is 2.50. The molecule has 3 rings (SSSR count). The van der Waals surface area contributed by atoms with E-state index in [1.165, 1.54) is 6.20 Å². The van der Waals surface area contributed by atoms with Crippen molar-refractivity contribution in [3.8, 4) is 5.75 Å². The number of ether oxygens (including phenoxy) is 1. The lowest BCUT2D eigenvalue weighted by Gasteiger charge is -2.22. The molecular formula is C16H17F3N4O2. The van der Waals surface area contributed by atoms with Crippen molar-refractivity contribution in [2.75, 3.05) is 0 Å². The van der Waals surface area contributed by atoms with Crippen molar-refractivity contribution in [1.82, 2.24) is 20.5 Å². The Bertz CT molecular complexity index is 718. The molecule has 1 aliphatic carbocycles. The first-order valence-corrected chi connectivity index (χ1v) is 7.88. The predicted molar refractivity (Wildman–Crippen MR) is 81.7 cm³/mol. The SMILES string of the molecule is O=C(Cc1cnccc1C(F)(F)F)N[C@H]1CCC[C@H]1Oc1cn[nH]c1. The second-order valence-corrected chi connectivity index (χ2v) is 5.90. The lowest BCUT2D eigenvalue weighted by atomic mass is 10.1. The molecule has 9 heteroatoms. The number of carbonyl (C=O) groups is 1. The third-order valence-corrected chi connectivity index (χ3v) is 4.12. The van der Waals surface area contributed by atoms with E-state index in [-0.39, 0.29) is 24.1 Å². The number of aromatic nitrogens is 3.